The van der Waals surface area contributed by atoms with Crippen molar-refractivity contribution in [1.29, 1.82) is 0 Å². The van der Waals surface area contributed by atoms with Gasteiger partial charge in [0.1, 0.15) is 11.6 Å². The molecule has 2 aromatic carbocycles. The maximum atomic E-state index is 13.1. The molecule has 2 aromatic rings. The molecule has 1 amide bonds. The first-order valence-corrected chi connectivity index (χ1v) is 6.19. The van der Waals surface area contributed by atoms with Gasteiger partial charge < -0.3 is 15.8 Å². The minimum absolute atomic E-state index is 0.359. The third-order valence-corrected chi connectivity index (χ3v) is 2.58. The second-order valence-electron chi connectivity index (χ2n) is 4.19. The van der Waals surface area contributed by atoms with Crippen molar-refractivity contribution in [3.8, 4) is 5.75 Å². The number of amides is 1. The third kappa shape index (κ3) is 3.47. The molecule has 4 nitrogen and oxygen atoms in total. The molecule has 0 bridgehead atoms. The minimum Gasteiger partial charge on any atom is -0.494 e. The average molecular weight is 274 g/mol. The van der Waals surface area contributed by atoms with Gasteiger partial charge in [0, 0.05) is 23.0 Å². The van der Waals surface area contributed by atoms with E-state index in [1.807, 2.05) is 6.92 Å². The van der Waals surface area contributed by atoms with Crippen LogP contribution in [0.2, 0.25) is 0 Å². The fourth-order valence-corrected chi connectivity index (χ4v) is 1.77. The van der Waals surface area contributed by atoms with E-state index in [-0.39, 0.29) is 5.91 Å². The first-order chi connectivity index (χ1) is 9.58. The monoisotopic (exact) mass is 274 g/mol. The van der Waals surface area contributed by atoms with E-state index >= 15 is 0 Å². The van der Waals surface area contributed by atoms with Crippen LogP contribution in [0.1, 0.15) is 17.3 Å². The highest BCUT2D eigenvalue weighted by atomic mass is 19.1. The Morgan fingerprint density at radius 2 is 2.10 bits per heavy atom. The lowest BCUT2D eigenvalue weighted by atomic mass is 10.1. The van der Waals surface area contributed by atoms with E-state index in [9.17, 15) is 9.18 Å². The standard InChI is InChI=1S/C15H15FN2O2/c1-2-20-14-7-10(6-12(17)9-14)15(19)18-13-5-3-4-11(16)8-13/h3-9H,2,17H2,1H3,(H,18,19). The summed E-state index contributed by atoms with van der Waals surface area (Å²) in [6.45, 7) is 2.32. The average Bonchev–Trinajstić information content (AvgIpc) is 2.38. The van der Waals surface area contributed by atoms with Gasteiger partial charge in [-0.1, -0.05) is 6.07 Å². The maximum Gasteiger partial charge on any atom is 0.255 e. The Bertz CT molecular complexity index is 629. The number of nitrogens with two attached hydrogens (primary N) is 1. The summed E-state index contributed by atoms with van der Waals surface area (Å²) in [5.41, 5.74) is 6.90. The molecule has 0 spiro atoms. The summed E-state index contributed by atoms with van der Waals surface area (Å²) >= 11 is 0. The Labute approximate surface area is 116 Å². The smallest absolute Gasteiger partial charge is 0.255 e. The van der Waals surface area contributed by atoms with Gasteiger partial charge in [-0.25, -0.2) is 4.39 Å². The van der Waals surface area contributed by atoms with Crippen LogP contribution in [-0.2, 0) is 0 Å². The first-order valence-electron chi connectivity index (χ1n) is 6.19. The summed E-state index contributed by atoms with van der Waals surface area (Å²) in [6.07, 6.45) is 0. The Kier molecular flexibility index (Phi) is 4.20. The molecule has 20 heavy (non-hydrogen) atoms. The Morgan fingerprint density at radius 1 is 1.30 bits per heavy atom. The van der Waals surface area contributed by atoms with Gasteiger partial charge in [-0.05, 0) is 37.3 Å². The summed E-state index contributed by atoms with van der Waals surface area (Å²) in [4.78, 5) is 12.1. The number of nitrogen functional groups attached to an aromatic ring is 1. The number of carbonyl (C=O) groups is 1. The molecule has 0 aromatic heterocycles. The molecule has 104 valence electrons. The number of hydrogen-bond donors (Lipinski definition) is 2. The van der Waals surface area contributed by atoms with Gasteiger partial charge in [0.05, 0.1) is 6.61 Å². The lowest BCUT2D eigenvalue weighted by Gasteiger charge is -2.09. The van der Waals surface area contributed by atoms with Gasteiger partial charge in [0.25, 0.3) is 5.91 Å². The van der Waals surface area contributed by atoms with Crippen LogP contribution in [0.3, 0.4) is 0 Å². The van der Waals surface area contributed by atoms with E-state index in [2.05, 4.69) is 5.32 Å². The molecular formula is C15H15FN2O2. The third-order valence-electron chi connectivity index (χ3n) is 2.58. The topological polar surface area (TPSA) is 64.3 Å². The second-order valence-corrected chi connectivity index (χ2v) is 4.19. The zero-order chi connectivity index (χ0) is 14.5. The van der Waals surface area contributed by atoms with Gasteiger partial charge in [-0.15, -0.1) is 0 Å². The molecule has 0 saturated heterocycles. The van der Waals surface area contributed by atoms with Crippen molar-refractivity contribution in [2.75, 3.05) is 17.7 Å². The number of hydrogen-bond acceptors (Lipinski definition) is 3. The number of benzene rings is 2. The molecule has 0 aliphatic carbocycles. The summed E-state index contributed by atoms with van der Waals surface area (Å²) in [5, 5.41) is 2.61. The van der Waals surface area contributed by atoms with Gasteiger partial charge >= 0.3 is 0 Å². The van der Waals surface area contributed by atoms with Gasteiger partial charge in [0.15, 0.2) is 0 Å². The summed E-state index contributed by atoms with van der Waals surface area (Å²) in [5.74, 6) is -0.258. The molecule has 0 heterocycles. The SMILES string of the molecule is CCOc1cc(N)cc(C(=O)Nc2cccc(F)c2)c1. The van der Waals surface area contributed by atoms with Crippen LogP contribution in [0.5, 0.6) is 5.75 Å². The second kappa shape index (κ2) is 6.06. The Balaban J connectivity index is 2.20. The number of anilines is 2. The van der Waals surface area contributed by atoms with E-state index in [1.165, 1.54) is 24.3 Å². The van der Waals surface area contributed by atoms with Crippen LogP contribution < -0.4 is 15.8 Å². The van der Waals surface area contributed by atoms with E-state index in [0.717, 1.165) is 0 Å². The van der Waals surface area contributed by atoms with Crippen molar-refractivity contribution in [2.24, 2.45) is 0 Å². The fourth-order valence-electron chi connectivity index (χ4n) is 1.77. The van der Waals surface area contributed by atoms with Gasteiger partial charge in [-0.3, -0.25) is 4.79 Å². The van der Waals surface area contributed by atoms with E-state index in [1.54, 1.807) is 18.2 Å². The lowest BCUT2D eigenvalue weighted by molar-refractivity contribution is 0.102. The number of rotatable bonds is 4. The summed E-state index contributed by atoms with van der Waals surface area (Å²) < 4.78 is 18.4. The molecule has 5 heteroatoms. The zero-order valence-electron chi connectivity index (χ0n) is 11.0. The highest BCUT2D eigenvalue weighted by Gasteiger charge is 2.09. The zero-order valence-corrected chi connectivity index (χ0v) is 11.0. The molecule has 0 atom stereocenters. The van der Waals surface area contributed by atoms with Crippen molar-refractivity contribution >= 4 is 17.3 Å². The fraction of sp³-hybridized carbons (Fsp3) is 0.133. The molecule has 0 unspecified atom stereocenters. The molecule has 2 rings (SSSR count). The lowest BCUT2D eigenvalue weighted by Crippen LogP contribution is -2.12. The van der Waals surface area contributed by atoms with Gasteiger partial charge in [0.2, 0.25) is 0 Å². The maximum absolute atomic E-state index is 13.1. The molecule has 3 N–H and O–H groups in total. The number of carbonyl (C=O) groups excluding carboxylic acids is 1. The van der Waals surface area contributed by atoms with Crippen LogP contribution in [0.15, 0.2) is 42.5 Å². The van der Waals surface area contributed by atoms with Gasteiger partial charge in [-0.2, -0.15) is 0 Å². The number of nitrogens with one attached hydrogen (secondary N) is 1. The summed E-state index contributed by atoms with van der Waals surface area (Å²) in [7, 11) is 0. The van der Waals surface area contributed by atoms with Crippen molar-refractivity contribution in [3.05, 3.63) is 53.8 Å². The summed E-state index contributed by atoms with van der Waals surface area (Å²) in [6, 6.07) is 10.5. The van der Waals surface area contributed by atoms with Crippen molar-refractivity contribution in [3.63, 3.8) is 0 Å². The predicted molar refractivity (Wildman–Crippen MR) is 76.4 cm³/mol. The number of ether oxygens (including phenoxy) is 1. The van der Waals surface area contributed by atoms with Crippen LogP contribution in [0.4, 0.5) is 15.8 Å². The highest BCUT2D eigenvalue weighted by Crippen LogP contribution is 2.20. The minimum atomic E-state index is -0.412. The van der Waals surface area contributed by atoms with Crippen LogP contribution in [-0.4, -0.2) is 12.5 Å². The van der Waals surface area contributed by atoms with E-state index in [0.29, 0.717) is 29.3 Å². The van der Waals surface area contributed by atoms with Crippen LogP contribution in [0, 0.1) is 5.82 Å². The molecule has 0 aliphatic rings. The molecule has 0 radical (unpaired) electrons. The Hall–Kier alpha value is -2.56. The largest absolute Gasteiger partial charge is 0.494 e. The van der Waals surface area contributed by atoms with E-state index in [4.69, 9.17) is 10.5 Å². The quantitative estimate of drug-likeness (QED) is 0.842. The first kappa shape index (κ1) is 13.9. The normalized spacial score (nSPS) is 10.1. The van der Waals surface area contributed by atoms with Crippen molar-refractivity contribution < 1.29 is 13.9 Å². The highest BCUT2D eigenvalue weighted by molar-refractivity contribution is 6.05. The molecule has 0 saturated carbocycles. The van der Waals surface area contributed by atoms with Crippen LogP contribution >= 0.6 is 0 Å². The number of halogens is 1. The van der Waals surface area contributed by atoms with Crippen LogP contribution in [0.25, 0.3) is 0 Å². The Morgan fingerprint density at radius 3 is 2.80 bits per heavy atom. The molecule has 0 aliphatic heterocycles. The molecular weight excluding hydrogens is 259 g/mol. The van der Waals surface area contributed by atoms with Crippen molar-refractivity contribution in [2.45, 2.75) is 6.92 Å². The van der Waals surface area contributed by atoms with Crippen molar-refractivity contribution in [1.82, 2.24) is 0 Å². The predicted octanol–water partition coefficient (Wildman–Crippen LogP) is 3.06. The molecule has 0 fully saturated rings. The van der Waals surface area contributed by atoms with E-state index < -0.39 is 5.82 Å².